The molecule has 28 heavy (non-hydrogen) atoms. The summed E-state index contributed by atoms with van der Waals surface area (Å²) in [5.41, 5.74) is 5.48. The molecule has 150 valence electrons. The van der Waals surface area contributed by atoms with E-state index in [1.54, 1.807) is 18.4 Å². The summed E-state index contributed by atoms with van der Waals surface area (Å²) in [7, 11) is 0. The first kappa shape index (κ1) is 21.5. The first-order valence-corrected chi connectivity index (χ1v) is 9.16. The molecule has 2 rings (SSSR count). The van der Waals surface area contributed by atoms with E-state index >= 15 is 0 Å². The lowest BCUT2D eigenvalue weighted by atomic mass is 10.1. The maximum atomic E-state index is 11.3. The highest BCUT2D eigenvalue weighted by molar-refractivity contribution is 5.72. The van der Waals surface area contributed by atoms with Gasteiger partial charge in [-0.3, -0.25) is 10.3 Å². The number of nitrogens with one attached hydrogen (secondary N) is 1. The minimum Gasteiger partial charge on any atom is -0.479 e. The minimum absolute atomic E-state index is 0.145. The molecular formula is C22H27NO5. The second-order valence-electron chi connectivity index (χ2n) is 6.65. The molecule has 0 saturated carbocycles. The fraction of sp³-hybridized carbons (Fsp3) is 0.318. The molecule has 0 spiro atoms. The molecule has 0 heterocycles. The van der Waals surface area contributed by atoms with Gasteiger partial charge in [-0.1, -0.05) is 42.5 Å². The van der Waals surface area contributed by atoms with Crippen molar-refractivity contribution in [2.75, 3.05) is 0 Å². The van der Waals surface area contributed by atoms with Crippen LogP contribution in [0.4, 0.5) is 0 Å². The smallest absolute Gasteiger partial charge is 0.333 e. The summed E-state index contributed by atoms with van der Waals surface area (Å²) in [6.45, 7) is 5.92. The summed E-state index contributed by atoms with van der Waals surface area (Å²) >= 11 is 0. The highest BCUT2D eigenvalue weighted by Gasteiger charge is 2.19. The van der Waals surface area contributed by atoms with Crippen molar-refractivity contribution in [1.29, 1.82) is 0 Å². The number of carboxylic acid groups (broad SMARTS) is 1. The number of carbonyl (C=O) groups is 1. The zero-order valence-corrected chi connectivity index (χ0v) is 16.4. The van der Waals surface area contributed by atoms with Gasteiger partial charge in [-0.05, 0) is 44.0 Å². The summed E-state index contributed by atoms with van der Waals surface area (Å²) in [6, 6.07) is 17.1. The fourth-order valence-electron chi connectivity index (χ4n) is 2.43. The quantitative estimate of drug-likeness (QED) is 0.449. The highest BCUT2D eigenvalue weighted by atomic mass is 16.6. The summed E-state index contributed by atoms with van der Waals surface area (Å²) in [6.07, 6.45) is 0.854. The Labute approximate surface area is 165 Å². The molecule has 2 aromatic carbocycles. The van der Waals surface area contributed by atoms with Crippen molar-refractivity contribution in [2.24, 2.45) is 0 Å². The molecule has 6 heteroatoms. The third-order valence-corrected chi connectivity index (χ3v) is 3.74. The molecule has 0 aliphatic rings. The Hall–Kier alpha value is -2.83. The van der Waals surface area contributed by atoms with Crippen molar-refractivity contribution < 1.29 is 24.2 Å². The van der Waals surface area contributed by atoms with Gasteiger partial charge in [0.25, 0.3) is 0 Å². The Kier molecular flexibility index (Phi) is 8.52. The first-order chi connectivity index (χ1) is 13.4. The van der Waals surface area contributed by atoms with Crippen LogP contribution in [0.5, 0.6) is 5.75 Å². The number of aliphatic carboxylic acids is 1. The van der Waals surface area contributed by atoms with E-state index in [9.17, 15) is 9.90 Å². The number of allylic oxidation sites excluding steroid dienone is 1. The van der Waals surface area contributed by atoms with Crippen molar-refractivity contribution in [3.05, 3.63) is 77.7 Å². The molecule has 6 nitrogen and oxygen atoms in total. The normalized spacial score (nSPS) is 12.6. The standard InChI is InChI=1S/C22H27NO5/c1-16(2)28-21(22(24)25)13-18-9-11-20(12-10-18)26-14-17(3)23-27-15-19-7-5-4-6-8-19/h4-12,14,16,21,23H,13,15H2,1-3H3,(H,24,25). The monoisotopic (exact) mass is 385 g/mol. The van der Waals surface area contributed by atoms with Gasteiger partial charge in [0.2, 0.25) is 0 Å². The van der Waals surface area contributed by atoms with E-state index in [1.165, 1.54) is 0 Å². The molecule has 0 aliphatic heterocycles. The van der Waals surface area contributed by atoms with Gasteiger partial charge in [0.05, 0.1) is 18.4 Å². The van der Waals surface area contributed by atoms with E-state index in [2.05, 4.69) is 5.48 Å². The van der Waals surface area contributed by atoms with Crippen LogP contribution >= 0.6 is 0 Å². The number of carboxylic acids is 1. The van der Waals surface area contributed by atoms with Crippen molar-refractivity contribution in [3.8, 4) is 5.75 Å². The van der Waals surface area contributed by atoms with Crippen LogP contribution in [0.25, 0.3) is 0 Å². The predicted octanol–water partition coefficient (Wildman–Crippen LogP) is 4.07. The average molecular weight is 385 g/mol. The Bertz CT molecular complexity index is 756. The molecule has 2 aromatic rings. The lowest BCUT2D eigenvalue weighted by Crippen LogP contribution is -2.29. The third-order valence-electron chi connectivity index (χ3n) is 3.74. The van der Waals surface area contributed by atoms with Crippen LogP contribution in [0.3, 0.4) is 0 Å². The molecular weight excluding hydrogens is 358 g/mol. The highest BCUT2D eigenvalue weighted by Crippen LogP contribution is 2.16. The zero-order valence-electron chi connectivity index (χ0n) is 16.4. The van der Waals surface area contributed by atoms with Gasteiger partial charge in [-0.25, -0.2) is 4.79 Å². The Balaban J connectivity index is 1.80. The van der Waals surface area contributed by atoms with Gasteiger partial charge >= 0.3 is 5.97 Å². The van der Waals surface area contributed by atoms with Gasteiger partial charge < -0.3 is 14.6 Å². The van der Waals surface area contributed by atoms with E-state index in [0.717, 1.165) is 16.8 Å². The number of benzene rings is 2. The van der Waals surface area contributed by atoms with Crippen LogP contribution in [0.15, 0.2) is 66.6 Å². The van der Waals surface area contributed by atoms with Crippen LogP contribution in [0.1, 0.15) is 31.9 Å². The molecule has 0 aliphatic carbocycles. The van der Waals surface area contributed by atoms with Gasteiger partial charge in [0.15, 0.2) is 6.10 Å². The third kappa shape index (κ3) is 7.82. The van der Waals surface area contributed by atoms with Gasteiger partial charge in [0.1, 0.15) is 12.0 Å². The van der Waals surface area contributed by atoms with E-state index in [0.29, 0.717) is 18.8 Å². The second-order valence-corrected chi connectivity index (χ2v) is 6.65. The van der Waals surface area contributed by atoms with E-state index < -0.39 is 12.1 Å². The Morgan fingerprint density at radius 3 is 2.36 bits per heavy atom. The topological polar surface area (TPSA) is 77.0 Å². The molecule has 0 fully saturated rings. The molecule has 1 atom stereocenters. The zero-order chi connectivity index (χ0) is 20.4. The van der Waals surface area contributed by atoms with E-state index in [-0.39, 0.29) is 6.10 Å². The van der Waals surface area contributed by atoms with E-state index in [4.69, 9.17) is 14.3 Å². The van der Waals surface area contributed by atoms with Crippen molar-refractivity contribution in [1.82, 2.24) is 5.48 Å². The van der Waals surface area contributed by atoms with Crippen molar-refractivity contribution in [2.45, 2.75) is 46.0 Å². The SMILES string of the molecule is CC(=COc1ccc(CC(OC(C)C)C(=O)O)cc1)NOCc1ccccc1. The lowest BCUT2D eigenvalue weighted by molar-refractivity contribution is -0.153. The van der Waals surface area contributed by atoms with Crippen molar-refractivity contribution in [3.63, 3.8) is 0 Å². The van der Waals surface area contributed by atoms with Gasteiger partial charge in [-0.2, -0.15) is 0 Å². The number of hydrogen-bond acceptors (Lipinski definition) is 5. The van der Waals surface area contributed by atoms with E-state index in [1.807, 2.05) is 63.2 Å². The average Bonchev–Trinajstić information content (AvgIpc) is 2.67. The van der Waals surface area contributed by atoms with Crippen LogP contribution in [0, 0.1) is 0 Å². The molecule has 2 N–H and O–H groups in total. The summed E-state index contributed by atoms with van der Waals surface area (Å²) < 4.78 is 11.0. The Morgan fingerprint density at radius 2 is 1.75 bits per heavy atom. The maximum absolute atomic E-state index is 11.3. The summed E-state index contributed by atoms with van der Waals surface area (Å²) in [5, 5.41) is 9.25. The van der Waals surface area contributed by atoms with Crippen LogP contribution in [0.2, 0.25) is 0 Å². The number of hydrogen-bond donors (Lipinski definition) is 2. The molecule has 0 aromatic heterocycles. The summed E-state index contributed by atoms with van der Waals surface area (Å²) in [4.78, 5) is 16.7. The van der Waals surface area contributed by atoms with Gasteiger partial charge in [0, 0.05) is 6.42 Å². The number of rotatable bonds is 11. The molecule has 0 bridgehead atoms. The van der Waals surface area contributed by atoms with Crippen molar-refractivity contribution >= 4 is 5.97 Å². The van der Waals surface area contributed by atoms with Gasteiger partial charge in [-0.15, -0.1) is 0 Å². The number of ether oxygens (including phenoxy) is 2. The Morgan fingerprint density at radius 1 is 1.07 bits per heavy atom. The molecule has 0 saturated heterocycles. The minimum atomic E-state index is -0.964. The summed E-state index contributed by atoms with van der Waals surface area (Å²) in [5.74, 6) is -0.321. The van der Waals surface area contributed by atoms with Crippen LogP contribution in [-0.2, 0) is 27.4 Å². The largest absolute Gasteiger partial charge is 0.479 e. The molecule has 0 radical (unpaired) electrons. The van der Waals surface area contributed by atoms with Crippen LogP contribution in [-0.4, -0.2) is 23.3 Å². The predicted molar refractivity (Wildman–Crippen MR) is 107 cm³/mol. The van der Waals surface area contributed by atoms with Crippen LogP contribution < -0.4 is 10.2 Å². The lowest BCUT2D eigenvalue weighted by Gasteiger charge is -2.16. The first-order valence-electron chi connectivity index (χ1n) is 9.16. The maximum Gasteiger partial charge on any atom is 0.333 e. The molecule has 1 unspecified atom stereocenters. The molecule has 0 amide bonds. The second kappa shape index (κ2) is 11.1. The fourth-order valence-corrected chi connectivity index (χ4v) is 2.43. The number of hydroxylamine groups is 1.